The summed E-state index contributed by atoms with van der Waals surface area (Å²) in [4.78, 5) is 20.7. The number of aromatic nitrogens is 1. The number of aryl methyl sites for hydroxylation is 1. The largest absolute Gasteiger partial charge is 0.494 e. The van der Waals surface area contributed by atoms with Crippen LogP contribution in [0.25, 0.3) is 10.2 Å². The van der Waals surface area contributed by atoms with Crippen LogP contribution in [0.4, 0.5) is 5.13 Å². The van der Waals surface area contributed by atoms with Crippen LogP contribution in [0.3, 0.4) is 0 Å². The molecule has 2 aliphatic heterocycles. The lowest BCUT2D eigenvalue weighted by molar-refractivity contribution is -0.123. The van der Waals surface area contributed by atoms with Crippen LogP contribution in [0.15, 0.2) is 47.4 Å². The van der Waals surface area contributed by atoms with E-state index in [-0.39, 0.29) is 23.5 Å². The molecule has 0 aliphatic carbocycles. The van der Waals surface area contributed by atoms with E-state index in [1.807, 2.05) is 25.1 Å². The summed E-state index contributed by atoms with van der Waals surface area (Å²) in [5, 5.41) is 0.591. The standard InChI is InChI=1S/C26H31N3O5S2/c1-18-10-12-21(13-11-18)36(31,32)28-14-4-6-19(16-28)25(30)29(17-20-7-5-15-34-20)26-27-24-22(33-2)8-3-9-23(24)35-26/h3,8-13,19-20H,4-7,14-17H2,1-2H3. The Balaban J connectivity index is 1.42. The lowest BCUT2D eigenvalue weighted by Gasteiger charge is -2.34. The molecule has 1 amide bonds. The normalized spacial score (nSPS) is 21.1. The van der Waals surface area contributed by atoms with Crippen molar-refractivity contribution in [3.63, 3.8) is 0 Å². The molecule has 0 spiro atoms. The minimum Gasteiger partial charge on any atom is -0.494 e. The average Bonchev–Trinajstić information content (AvgIpc) is 3.57. The molecule has 2 unspecified atom stereocenters. The van der Waals surface area contributed by atoms with Gasteiger partial charge in [-0.15, -0.1) is 0 Å². The monoisotopic (exact) mass is 529 g/mol. The molecule has 0 N–H and O–H groups in total. The van der Waals surface area contributed by atoms with Crippen molar-refractivity contribution < 1.29 is 22.7 Å². The van der Waals surface area contributed by atoms with Crippen LogP contribution in [0.1, 0.15) is 31.2 Å². The van der Waals surface area contributed by atoms with Gasteiger partial charge in [0, 0.05) is 19.7 Å². The maximum absolute atomic E-state index is 14.0. The number of hydrogen-bond acceptors (Lipinski definition) is 7. The molecule has 0 radical (unpaired) electrons. The number of benzene rings is 2. The van der Waals surface area contributed by atoms with Crippen LogP contribution in [0.5, 0.6) is 5.75 Å². The minimum atomic E-state index is -3.68. The third kappa shape index (κ3) is 5.00. The summed E-state index contributed by atoms with van der Waals surface area (Å²) in [5.41, 5.74) is 1.72. The number of rotatable bonds is 7. The number of nitrogens with zero attached hydrogens (tertiary/aromatic N) is 3. The summed E-state index contributed by atoms with van der Waals surface area (Å²) in [6, 6.07) is 12.6. The van der Waals surface area contributed by atoms with E-state index in [2.05, 4.69) is 0 Å². The predicted molar refractivity (Wildman–Crippen MR) is 140 cm³/mol. The van der Waals surface area contributed by atoms with Gasteiger partial charge in [0.2, 0.25) is 15.9 Å². The number of carbonyl (C=O) groups is 1. The van der Waals surface area contributed by atoms with Crippen LogP contribution in [0, 0.1) is 12.8 Å². The molecule has 2 saturated heterocycles. The van der Waals surface area contributed by atoms with E-state index in [1.165, 1.54) is 15.6 Å². The Labute approximate surface area is 215 Å². The van der Waals surface area contributed by atoms with Crippen LogP contribution in [-0.2, 0) is 19.6 Å². The van der Waals surface area contributed by atoms with Crippen molar-refractivity contribution in [2.45, 2.75) is 43.6 Å². The van der Waals surface area contributed by atoms with Gasteiger partial charge >= 0.3 is 0 Å². The molecule has 0 saturated carbocycles. The lowest BCUT2D eigenvalue weighted by Crippen LogP contribution is -2.48. The molecule has 5 rings (SSSR count). The van der Waals surface area contributed by atoms with E-state index in [0.29, 0.717) is 43.4 Å². The number of hydrogen-bond donors (Lipinski definition) is 0. The number of amides is 1. The fourth-order valence-corrected chi connectivity index (χ4v) is 7.41. The molecular weight excluding hydrogens is 498 g/mol. The predicted octanol–water partition coefficient (Wildman–Crippen LogP) is 4.23. The first kappa shape index (κ1) is 25.1. The Bertz CT molecular complexity index is 1330. The Hall–Kier alpha value is -2.53. The number of anilines is 1. The number of piperidine rings is 1. The molecule has 3 aromatic rings. The number of thiazole rings is 1. The van der Waals surface area contributed by atoms with E-state index in [4.69, 9.17) is 14.5 Å². The van der Waals surface area contributed by atoms with Crippen molar-refractivity contribution in [3.8, 4) is 5.75 Å². The molecular formula is C26H31N3O5S2. The Morgan fingerprint density at radius 1 is 1.19 bits per heavy atom. The zero-order valence-corrected chi connectivity index (χ0v) is 22.2. The van der Waals surface area contributed by atoms with Gasteiger partial charge in [-0.3, -0.25) is 9.69 Å². The summed E-state index contributed by atoms with van der Waals surface area (Å²) in [7, 11) is -2.07. The smallest absolute Gasteiger partial charge is 0.243 e. The molecule has 10 heteroatoms. The summed E-state index contributed by atoms with van der Waals surface area (Å²) >= 11 is 1.44. The Morgan fingerprint density at radius 3 is 2.72 bits per heavy atom. The number of para-hydroxylation sites is 1. The van der Waals surface area contributed by atoms with Gasteiger partial charge < -0.3 is 9.47 Å². The quantitative estimate of drug-likeness (QED) is 0.455. The van der Waals surface area contributed by atoms with E-state index < -0.39 is 15.9 Å². The van der Waals surface area contributed by atoms with Gasteiger partial charge in [0.25, 0.3) is 0 Å². The van der Waals surface area contributed by atoms with Crippen molar-refractivity contribution in [3.05, 3.63) is 48.0 Å². The van der Waals surface area contributed by atoms with E-state index >= 15 is 0 Å². The van der Waals surface area contributed by atoms with Gasteiger partial charge in [-0.25, -0.2) is 13.4 Å². The Kier molecular flexibility index (Phi) is 7.30. The van der Waals surface area contributed by atoms with Crippen molar-refractivity contribution in [1.82, 2.24) is 9.29 Å². The third-order valence-corrected chi connectivity index (χ3v) is 9.81. The molecule has 192 valence electrons. The molecule has 1 aromatic heterocycles. The van der Waals surface area contributed by atoms with Crippen LogP contribution < -0.4 is 9.64 Å². The van der Waals surface area contributed by atoms with Gasteiger partial charge in [-0.05, 0) is 56.9 Å². The topological polar surface area (TPSA) is 89.0 Å². The number of sulfonamides is 1. The highest BCUT2D eigenvalue weighted by molar-refractivity contribution is 7.89. The maximum atomic E-state index is 14.0. The summed E-state index contributed by atoms with van der Waals surface area (Å²) in [5.74, 6) is 0.106. The van der Waals surface area contributed by atoms with E-state index in [9.17, 15) is 13.2 Å². The number of carbonyl (C=O) groups excluding carboxylic acids is 1. The lowest BCUT2D eigenvalue weighted by atomic mass is 9.98. The zero-order chi connectivity index (χ0) is 25.3. The third-order valence-electron chi connectivity index (χ3n) is 6.89. The zero-order valence-electron chi connectivity index (χ0n) is 20.6. The van der Waals surface area contributed by atoms with Gasteiger partial charge in [0.1, 0.15) is 11.3 Å². The second-order valence-corrected chi connectivity index (χ2v) is 12.3. The first-order chi connectivity index (χ1) is 17.4. The second kappa shape index (κ2) is 10.5. The number of fused-ring (bicyclic) bond motifs is 1. The average molecular weight is 530 g/mol. The fraction of sp³-hybridized carbons (Fsp3) is 0.462. The maximum Gasteiger partial charge on any atom is 0.243 e. The van der Waals surface area contributed by atoms with Crippen LogP contribution in [0.2, 0.25) is 0 Å². The molecule has 2 fully saturated rings. The SMILES string of the molecule is COc1cccc2sc(N(CC3CCCO3)C(=O)C3CCCN(S(=O)(=O)c4ccc(C)cc4)C3)nc12. The molecule has 2 atom stereocenters. The van der Waals surface area contributed by atoms with Gasteiger partial charge in [0.05, 0.1) is 35.3 Å². The molecule has 36 heavy (non-hydrogen) atoms. The van der Waals surface area contributed by atoms with E-state index in [0.717, 1.165) is 28.6 Å². The molecule has 8 nitrogen and oxygen atoms in total. The fourth-order valence-electron chi connectivity index (χ4n) is 4.89. The van der Waals surface area contributed by atoms with Crippen LogP contribution in [-0.4, -0.2) is 63.1 Å². The van der Waals surface area contributed by atoms with Gasteiger partial charge in [0.15, 0.2) is 5.13 Å². The second-order valence-electron chi connectivity index (χ2n) is 9.40. The van der Waals surface area contributed by atoms with Crippen molar-refractivity contribution >= 4 is 42.6 Å². The molecule has 3 heterocycles. The van der Waals surface area contributed by atoms with Crippen molar-refractivity contribution in [2.24, 2.45) is 5.92 Å². The summed E-state index contributed by atoms with van der Waals surface area (Å²) in [6.45, 7) is 3.58. The summed E-state index contributed by atoms with van der Waals surface area (Å²) in [6.07, 6.45) is 3.06. The first-order valence-electron chi connectivity index (χ1n) is 12.3. The van der Waals surface area contributed by atoms with Crippen molar-refractivity contribution in [1.29, 1.82) is 0 Å². The highest BCUT2D eigenvalue weighted by atomic mass is 32.2. The Morgan fingerprint density at radius 2 is 2.00 bits per heavy atom. The molecule has 2 aromatic carbocycles. The summed E-state index contributed by atoms with van der Waals surface area (Å²) < 4.78 is 40.4. The number of methoxy groups -OCH3 is 1. The van der Waals surface area contributed by atoms with E-state index in [1.54, 1.807) is 36.3 Å². The van der Waals surface area contributed by atoms with Gasteiger partial charge in [-0.2, -0.15) is 4.31 Å². The molecule has 2 aliphatic rings. The van der Waals surface area contributed by atoms with Gasteiger partial charge in [-0.1, -0.05) is 35.1 Å². The highest BCUT2D eigenvalue weighted by Crippen LogP contribution is 2.36. The van der Waals surface area contributed by atoms with Crippen molar-refractivity contribution in [2.75, 3.05) is 38.3 Å². The molecule has 0 bridgehead atoms. The highest BCUT2D eigenvalue weighted by Gasteiger charge is 2.37. The van der Waals surface area contributed by atoms with Crippen LogP contribution >= 0.6 is 11.3 Å². The first-order valence-corrected chi connectivity index (χ1v) is 14.6. The number of ether oxygens (including phenoxy) is 2. The minimum absolute atomic E-state index is 0.0566.